The highest BCUT2D eigenvalue weighted by atomic mass is 79.9. The molecule has 0 aromatic heterocycles. The molecule has 0 saturated heterocycles. The van der Waals surface area contributed by atoms with Gasteiger partial charge in [-0.3, -0.25) is 4.79 Å². The summed E-state index contributed by atoms with van der Waals surface area (Å²) in [6, 6.07) is 20.4. The van der Waals surface area contributed by atoms with E-state index in [0.29, 0.717) is 31.6 Å². The molecule has 0 N–H and O–H groups in total. The molecule has 4 nitrogen and oxygen atoms in total. The highest BCUT2D eigenvalue weighted by Crippen LogP contribution is 2.36. The number of amides is 1. The van der Waals surface area contributed by atoms with E-state index in [0.717, 1.165) is 16.8 Å². The lowest BCUT2D eigenvalue weighted by Gasteiger charge is -2.13. The molecule has 1 amide bonds. The van der Waals surface area contributed by atoms with E-state index in [2.05, 4.69) is 21.0 Å². The Kier molecular flexibility index (Phi) is 6.46. The minimum Gasteiger partial charge on any atom is -0.486 e. The number of ether oxygens (including phenoxy) is 1. The number of carbonyl (C=O) groups excluding carboxylic acids is 1. The van der Waals surface area contributed by atoms with Crippen LogP contribution >= 0.6 is 39.1 Å². The van der Waals surface area contributed by atoms with Gasteiger partial charge in [-0.15, -0.1) is 0 Å². The van der Waals surface area contributed by atoms with Crippen LogP contribution in [0, 0.1) is 0 Å². The summed E-state index contributed by atoms with van der Waals surface area (Å²) in [5, 5.41) is 6.86. The summed E-state index contributed by atoms with van der Waals surface area (Å²) in [5.41, 5.74) is 3.49. The van der Waals surface area contributed by atoms with Gasteiger partial charge in [0.1, 0.15) is 6.61 Å². The molecular formula is C24H17BrCl2N2O2. The van der Waals surface area contributed by atoms with Crippen LogP contribution in [-0.4, -0.2) is 11.6 Å². The SMILES string of the molecule is CC1=NN(c2ccccc2)C(=O)/C1=C/c1cc(Cl)c(OCc2ccccc2Cl)c(Br)c1. The second-order valence-corrected chi connectivity index (χ2v) is 8.56. The summed E-state index contributed by atoms with van der Waals surface area (Å²) >= 11 is 16.2. The summed E-state index contributed by atoms with van der Waals surface area (Å²) in [6.45, 7) is 2.10. The van der Waals surface area contributed by atoms with Crippen molar-refractivity contribution in [3.05, 3.63) is 97.9 Å². The Hall–Kier alpha value is -2.60. The molecule has 0 radical (unpaired) electrons. The van der Waals surface area contributed by atoms with Crippen LogP contribution in [0.25, 0.3) is 6.08 Å². The van der Waals surface area contributed by atoms with E-state index in [-0.39, 0.29) is 12.5 Å². The highest BCUT2D eigenvalue weighted by Gasteiger charge is 2.28. The number of hydrazone groups is 1. The number of carbonyl (C=O) groups is 1. The highest BCUT2D eigenvalue weighted by molar-refractivity contribution is 9.10. The number of benzene rings is 3. The third kappa shape index (κ3) is 4.69. The standard InChI is InChI=1S/C24H17BrCl2N2O2/c1-15-19(24(30)29(28-15)18-8-3-2-4-9-18)11-16-12-20(25)23(22(27)13-16)31-14-17-7-5-6-10-21(17)26/h2-13H,14H2,1H3/b19-11+. The average Bonchev–Trinajstić information content (AvgIpc) is 3.03. The molecule has 1 aliphatic heterocycles. The Bertz CT molecular complexity index is 1190. The van der Waals surface area contributed by atoms with E-state index in [1.165, 1.54) is 5.01 Å². The van der Waals surface area contributed by atoms with Crippen LogP contribution in [0.1, 0.15) is 18.1 Å². The fourth-order valence-corrected chi connectivity index (χ4v) is 4.34. The van der Waals surface area contributed by atoms with Crippen molar-refractivity contribution in [3.8, 4) is 5.75 Å². The molecule has 3 aromatic carbocycles. The lowest BCUT2D eigenvalue weighted by Crippen LogP contribution is -2.21. The van der Waals surface area contributed by atoms with Crippen molar-refractivity contribution in [2.24, 2.45) is 5.10 Å². The second kappa shape index (κ2) is 9.27. The quantitative estimate of drug-likeness (QED) is 0.339. The minimum atomic E-state index is -0.185. The van der Waals surface area contributed by atoms with Gasteiger partial charge in [0.05, 0.1) is 26.5 Å². The summed E-state index contributed by atoms with van der Waals surface area (Å²) in [7, 11) is 0. The number of anilines is 1. The Labute approximate surface area is 198 Å². The van der Waals surface area contributed by atoms with Gasteiger partial charge < -0.3 is 4.74 Å². The van der Waals surface area contributed by atoms with Gasteiger partial charge in [0.25, 0.3) is 5.91 Å². The zero-order chi connectivity index (χ0) is 22.0. The number of hydrogen-bond donors (Lipinski definition) is 0. The third-order valence-corrected chi connectivity index (χ3v) is 5.96. The molecule has 0 unspecified atom stereocenters. The lowest BCUT2D eigenvalue weighted by atomic mass is 10.1. The van der Waals surface area contributed by atoms with E-state index in [1.54, 1.807) is 12.1 Å². The lowest BCUT2D eigenvalue weighted by molar-refractivity contribution is -0.114. The van der Waals surface area contributed by atoms with Crippen LogP contribution in [-0.2, 0) is 11.4 Å². The van der Waals surface area contributed by atoms with Crippen molar-refractivity contribution in [2.45, 2.75) is 13.5 Å². The van der Waals surface area contributed by atoms with Crippen molar-refractivity contribution >= 4 is 62.5 Å². The first-order valence-electron chi connectivity index (χ1n) is 9.46. The van der Waals surface area contributed by atoms with Crippen LogP contribution in [0.15, 0.2) is 81.9 Å². The van der Waals surface area contributed by atoms with Crippen molar-refractivity contribution < 1.29 is 9.53 Å². The van der Waals surface area contributed by atoms with Crippen LogP contribution in [0.5, 0.6) is 5.75 Å². The first kappa shape index (κ1) is 21.6. The van der Waals surface area contributed by atoms with Crippen LogP contribution < -0.4 is 9.75 Å². The number of para-hydroxylation sites is 1. The Morgan fingerprint density at radius 3 is 2.45 bits per heavy atom. The molecule has 156 valence electrons. The largest absolute Gasteiger partial charge is 0.486 e. The summed E-state index contributed by atoms with van der Waals surface area (Å²) < 4.78 is 6.57. The molecule has 1 heterocycles. The molecule has 31 heavy (non-hydrogen) atoms. The number of rotatable bonds is 5. The van der Waals surface area contributed by atoms with Gasteiger partial charge in [0, 0.05) is 10.6 Å². The van der Waals surface area contributed by atoms with E-state index in [4.69, 9.17) is 27.9 Å². The van der Waals surface area contributed by atoms with Gasteiger partial charge in [-0.1, -0.05) is 59.6 Å². The maximum Gasteiger partial charge on any atom is 0.280 e. The number of nitrogens with zero attached hydrogens (tertiary/aromatic N) is 2. The summed E-state index contributed by atoms with van der Waals surface area (Å²) in [6.07, 6.45) is 1.78. The Morgan fingerprint density at radius 1 is 1.03 bits per heavy atom. The number of hydrogen-bond acceptors (Lipinski definition) is 3. The smallest absolute Gasteiger partial charge is 0.280 e. The fourth-order valence-electron chi connectivity index (χ4n) is 3.16. The van der Waals surface area contributed by atoms with Crippen molar-refractivity contribution in [1.29, 1.82) is 0 Å². The van der Waals surface area contributed by atoms with Crippen LogP contribution in [0.3, 0.4) is 0 Å². The zero-order valence-electron chi connectivity index (χ0n) is 16.5. The van der Waals surface area contributed by atoms with Gasteiger partial charge in [-0.05, 0) is 64.8 Å². The molecular weight excluding hydrogens is 499 g/mol. The van der Waals surface area contributed by atoms with E-state index in [1.807, 2.05) is 67.6 Å². The van der Waals surface area contributed by atoms with E-state index in [9.17, 15) is 4.79 Å². The Balaban J connectivity index is 1.57. The second-order valence-electron chi connectivity index (χ2n) is 6.89. The van der Waals surface area contributed by atoms with Crippen molar-refractivity contribution in [2.75, 3.05) is 5.01 Å². The van der Waals surface area contributed by atoms with Gasteiger partial charge in [-0.2, -0.15) is 10.1 Å². The summed E-state index contributed by atoms with van der Waals surface area (Å²) in [4.78, 5) is 12.9. The maximum atomic E-state index is 12.9. The predicted octanol–water partition coefficient (Wildman–Crippen LogP) is 7.14. The van der Waals surface area contributed by atoms with Gasteiger partial charge in [-0.25, -0.2) is 0 Å². The predicted molar refractivity (Wildman–Crippen MR) is 130 cm³/mol. The first-order chi connectivity index (χ1) is 14.9. The van der Waals surface area contributed by atoms with E-state index >= 15 is 0 Å². The van der Waals surface area contributed by atoms with E-state index < -0.39 is 0 Å². The molecule has 4 rings (SSSR count). The van der Waals surface area contributed by atoms with Crippen molar-refractivity contribution in [3.63, 3.8) is 0 Å². The van der Waals surface area contributed by atoms with Crippen molar-refractivity contribution in [1.82, 2.24) is 0 Å². The van der Waals surface area contributed by atoms with Gasteiger partial charge >= 0.3 is 0 Å². The molecule has 0 bridgehead atoms. The van der Waals surface area contributed by atoms with Crippen LogP contribution in [0.2, 0.25) is 10.0 Å². The first-order valence-corrected chi connectivity index (χ1v) is 11.0. The zero-order valence-corrected chi connectivity index (χ0v) is 19.6. The van der Waals surface area contributed by atoms with Gasteiger partial charge in [0.2, 0.25) is 0 Å². The molecule has 3 aromatic rings. The molecule has 7 heteroatoms. The number of halogens is 3. The molecule has 0 spiro atoms. The Morgan fingerprint density at radius 2 is 1.74 bits per heavy atom. The summed E-state index contributed by atoms with van der Waals surface area (Å²) in [5.74, 6) is 0.327. The molecule has 1 aliphatic rings. The average molecular weight is 516 g/mol. The maximum absolute atomic E-state index is 12.9. The minimum absolute atomic E-state index is 0.185. The third-order valence-electron chi connectivity index (χ3n) is 4.72. The van der Waals surface area contributed by atoms with Gasteiger partial charge in [0.15, 0.2) is 5.75 Å². The van der Waals surface area contributed by atoms with Crippen LogP contribution in [0.4, 0.5) is 5.69 Å². The normalized spacial score (nSPS) is 14.8. The molecule has 0 fully saturated rings. The fraction of sp³-hybridized carbons (Fsp3) is 0.0833. The molecule has 0 atom stereocenters. The monoisotopic (exact) mass is 514 g/mol. The topological polar surface area (TPSA) is 41.9 Å². The molecule has 0 aliphatic carbocycles. The molecule has 0 saturated carbocycles.